The van der Waals surface area contributed by atoms with Crippen LogP contribution >= 0.6 is 11.6 Å². The summed E-state index contributed by atoms with van der Waals surface area (Å²) in [4.78, 5) is 32.7. The van der Waals surface area contributed by atoms with Crippen LogP contribution < -0.4 is 0 Å². The second kappa shape index (κ2) is 12.6. The van der Waals surface area contributed by atoms with E-state index in [2.05, 4.69) is 5.16 Å². The number of amides is 1. The van der Waals surface area contributed by atoms with Crippen molar-refractivity contribution in [3.8, 4) is 5.75 Å². The number of halogens is 1. The maximum atomic E-state index is 12.8. The van der Waals surface area contributed by atoms with Gasteiger partial charge in [0.15, 0.2) is 6.61 Å². The summed E-state index contributed by atoms with van der Waals surface area (Å²) in [5.74, 6) is -0.714. The fourth-order valence-electron chi connectivity index (χ4n) is 4.26. The highest BCUT2D eigenvalue weighted by atomic mass is 35.5. The average Bonchev–Trinajstić information content (AvgIpc) is 2.80. The molecule has 1 atom stereocenters. The fraction of sp³-hybridized carbons (Fsp3) is 0.500. The summed E-state index contributed by atoms with van der Waals surface area (Å²) in [6, 6.07) is 1.65. The van der Waals surface area contributed by atoms with Crippen LogP contribution in [0.3, 0.4) is 0 Å². The van der Waals surface area contributed by atoms with E-state index in [0.29, 0.717) is 28.8 Å². The molecular weight excluding hydrogens is 456 g/mol. The number of fused-ring (bicyclic) bond motifs is 1. The predicted octanol–water partition coefficient (Wildman–Crippen LogP) is 5.12. The fourth-order valence-corrected chi connectivity index (χ4v) is 4.47. The summed E-state index contributed by atoms with van der Waals surface area (Å²) in [6.07, 6.45) is 13.3. The molecule has 0 aliphatic carbocycles. The Labute approximate surface area is 206 Å². The quantitative estimate of drug-likeness (QED) is 0.362. The Hall–Kier alpha value is -2.80. The number of carbonyl (C=O) groups is 2. The van der Waals surface area contributed by atoms with Crippen LogP contribution in [0.25, 0.3) is 0 Å². The Bertz CT molecular complexity index is 986. The van der Waals surface area contributed by atoms with Crippen LogP contribution in [-0.2, 0) is 20.8 Å². The van der Waals surface area contributed by atoms with Crippen LogP contribution in [0.5, 0.6) is 5.75 Å². The summed E-state index contributed by atoms with van der Waals surface area (Å²) < 4.78 is 5.44. The Morgan fingerprint density at radius 2 is 2.03 bits per heavy atom. The number of esters is 1. The number of phenols is 1. The number of hydrogen-bond acceptors (Lipinski definition) is 6. The molecule has 1 fully saturated rings. The first-order chi connectivity index (χ1) is 16.4. The molecule has 2 aliphatic rings. The lowest BCUT2D eigenvalue weighted by molar-refractivity contribution is -0.139. The third kappa shape index (κ3) is 6.86. The van der Waals surface area contributed by atoms with Gasteiger partial charge in [0.2, 0.25) is 0 Å². The minimum absolute atomic E-state index is 0.0730. The molecule has 1 aromatic carbocycles. The van der Waals surface area contributed by atoms with Crippen molar-refractivity contribution in [1.29, 1.82) is 0 Å². The Kier molecular flexibility index (Phi) is 9.57. The summed E-state index contributed by atoms with van der Waals surface area (Å²) in [5.41, 5.74) is 1.77. The van der Waals surface area contributed by atoms with E-state index in [1.807, 2.05) is 30.1 Å². The van der Waals surface area contributed by atoms with Crippen molar-refractivity contribution in [2.75, 3.05) is 19.8 Å². The number of nitrogens with zero attached hydrogens (tertiary/aromatic N) is 2. The van der Waals surface area contributed by atoms with E-state index >= 15 is 0 Å². The molecule has 0 bridgehead atoms. The van der Waals surface area contributed by atoms with Gasteiger partial charge in [-0.1, -0.05) is 35.0 Å². The molecule has 7 nitrogen and oxygen atoms in total. The van der Waals surface area contributed by atoms with Crippen LogP contribution in [0.1, 0.15) is 66.9 Å². The van der Waals surface area contributed by atoms with Gasteiger partial charge in [-0.25, -0.2) is 4.79 Å². The van der Waals surface area contributed by atoms with Crippen molar-refractivity contribution >= 4 is 29.2 Å². The number of benzene rings is 1. The lowest BCUT2D eigenvalue weighted by Gasteiger charge is -2.32. The van der Waals surface area contributed by atoms with Gasteiger partial charge in [0.25, 0.3) is 5.91 Å². The molecule has 0 spiro atoms. The lowest BCUT2D eigenvalue weighted by atomic mass is 9.96. The second-order valence-corrected chi connectivity index (χ2v) is 9.10. The number of carbonyl (C=O) groups excluding carboxylic acids is 2. The van der Waals surface area contributed by atoms with E-state index in [-0.39, 0.29) is 42.4 Å². The predicted molar refractivity (Wildman–Crippen MR) is 132 cm³/mol. The molecule has 0 radical (unpaired) electrons. The molecule has 1 aromatic rings. The zero-order valence-corrected chi connectivity index (χ0v) is 20.6. The van der Waals surface area contributed by atoms with Crippen molar-refractivity contribution in [3.63, 3.8) is 0 Å². The first-order valence-corrected chi connectivity index (χ1v) is 12.2. The minimum Gasteiger partial charge on any atom is -0.506 e. The van der Waals surface area contributed by atoms with Crippen molar-refractivity contribution in [3.05, 3.63) is 52.1 Å². The van der Waals surface area contributed by atoms with Gasteiger partial charge in [-0.2, -0.15) is 0 Å². The molecule has 0 saturated carbocycles. The van der Waals surface area contributed by atoms with Crippen LogP contribution in [0.2, 0.25) is 5.02 Å². The minimum atomic E-state index is -0.502. The summed E-state index contributed by atoms with van der Waals surface area (Å²) in [7, 11) is 0. The standard InChI is InChI=1S/C26H33ClN2O5/c1-18-15-22(30)25(27)21-16-20(28-34-17-23(31)29-13-9-8-11-19(29)2)12-7-5-3-4-6-10-14-33-26(32)24(18)21/h4,6-7,12,15,19,30H,3,5,8-11,13-14,16-17H2,1-2H3/b6-4+,12-7+,28-20+. The zero-order valence-electron chi connectivity index (χ0n) is 19.9. The molecular formula is C26H33ClN2O5. The van der Waals surface area contributed by atoms with Gasteiger partial charge in [0.05, 0.1) is 22.9 Å². The molecule has 1 unspecified atom stereocenters. The van der Waals surface area contributed by atoms with Gasteiger partial charge >= 0.3 is 5.97 Å². The van der Waals surface area contributed by atoms with Gasteiger partial charge in [0.1, 0.15) is 5.75 Å². The van der Waals surface area contributed by atoms with E-state index in [0.717, 1.165) is 38.6 Å². The molecule has 0 aromatic heterocycles. The van der Waals surface area contributed by atoms with Gasteiger partial charge in [-0.3, -0.25) is 4.79 Å². The van der Waals surface area contributed by atoms with E-state index in [4.69, 9.17) is 21.2 Å². The van der Waals surface area contributed by atoms with Crippen molar-refractivity contribution in [1.82, 2.24) is 4.90 Å². The topological polar surface area (TPSA) is 88.4 Å². The Morgan fingerprint density at radius 1 is 1.26 bits per heavy atom. The van der Waals surface area contributed by atoms with Gasteiger partial charge in [-0.05, 0) is 75.6 Å². The van der Waals surface area contributed by atoms with E-state index < -0.39 is 5.97 Å². The van der Waals surface area contributed by atoms with Crippen molar-refractivity contribution in [2.45, 2.75) is 64.8 Å². The number of ether oxygens (including phenoxy) is 1. The first-order valence-electron chi connectivity index (χ1n) is 11.9. The Morgan fingerprint density at radius 3 is 2.82 bits per heavy atom. The molecule has 1 saturated heterocycles. The maximum Gasteiger partial charge on any atom is 0.338 e. The van der Waals surface area contributed by atoms with Crippen LogP contribution in [0.4, 0.5) is 0 Å². The number of aromatic hydroxyl groups is 1. The normalized spacial score (nSPS) is 22.9. The number of rotatable bonds is 3. The third-order valence-electron chi connectivity index (χ3n) is 6.09. The molecule has 3 rings (SSSR count). The molecule has 8 heteroatoms. The maximum absolute atomic E-state index is 12.8. The van der Waals surface area contributed by atoms with Crippen LogP contribution in [0.15, 0.2) is 35.5 Å². The molecule has 1 amide bonds. The van der Waals surface area contributed by atoms with Crippen molar-refractivity contribution in [2.24, 2.45) is 5.16 Å². The number of phenolic OH excluding ortho intramolecular Hbond substituents is 1. The zero-order chi connectivity index (χ0) is 24.5. The monoisotopic (exact) mass is 488 g/mol. The number of allylic oxidation sites excluding steroid dienone is 3. The number of aryl methyl sites for hydroxylation is 1. The number of piperidine rings is 1. The SMILES string of the molecule is Cc1cc(O)c(Cl)c2c1C(=O)OCC/C=C/CC/C=C/C(=N\OCC(=O)N1CCCCC1C)C2. The van der Waals surface area contributed by atoms with E-state index in [1.54, 1.807) is 13.0 Å². The number of cyclic esters (lactones) is 1. The molecule has 34 heavy (non-hydrogen) atoms. The average molecular weight is 489 g/mol. The molecule has 2 aliphatic heterocycles. The van der Waals surface area contributed by atoms with Crippen LogP contribution in [-0.4, -0.2) is 53.4 Å². The van der Waals surface area contributed by atoms with Gasteiger partial charge < -0.3 is 19.6 Å². The first kappa shape index (κ1) is 25.8. The number of likely N-dealkylation sites (tertiary alicyclic amines) is 1. The Balaban J connectivity index is 1.86. The molecule has 1 N–H and O–H groups in total. The summed E-state index contributed by atoms with van der Waals surface area (Å²) in [5, 5.41) is 14.6. The van der Waals surface area contributed by atoms with E-state index in [9.17, 15) is 14.7 Å². The molecule has 2 heterocycles. The van der Waals surface area contributed by atoms with Crippen molar-refractivity contribution < 1.29 is 24.3 Å². The summed E-state index contributed by atoms with van der Waals surface area (Å²) >= 11 is 6.42. The largest absolute Gasteiger partial charge is 0.506 e. The third-order valence-corrected chi connectivity index (χ3v) is 6.51. The van der Waals surface area contributed by atoms with E-state index in [1.165, 1.54) is 6.07 Å². The highest BCUT2D eigenvalue weighted by Gasteiger charge is 2.24. The van der Waals surface area contributed by atoms with Crippen LogP contribution in [0, 0.1) is 6.92 Å². The lowest BCUT2D eigenvalue weighted by Crippen LogP contribution is -2.43. The molecule has 184 valence electrons. The number of oxime groups is 1. The highest BCUT2D eigenvalue weighted by Crippen LogP contribution is 2.34. The van der Waals surface area contributed by atoms with Gasteiger partial charge in [0, 0.05) is 19.0 Å². The smallest absolute Gasteiger partial charge is 0.338 e. The van der Waals surface area contributed by atoms with Gasteiger partial charge in [-0.15, -0.1) is 0 Å². The second-order valence-electron chi connectivity index (χ2n) is 8.72. The summed E-state index contributed by atoms with van der Waals surface area (Å²) in [6.45, 7) is 4.60. The number of hydrogen-bond donors (Lipinski definition) is 1. The highest BCUT2D eigenvalue weighted by molar-refractivity contribution is 6.33.